The van der Waals surface area contributed by atoms with E-state index in [1.54, 1.807) is 41.3 Å². The molecule has 0 atom stereocenters. The molecule has 3 heterocycles. The molecule has 34 heavy (non-hydrogen) atoms. The zero-order chi connectivity index (χ0) is 24.0. The van der Waals surface area contributed by atoms with Gasteiger partial charge in [-0.1, -0.05) is 12.1 Å². The number of ether oxygens (including phenoxy) is 3. The molecule has 2 aromatic carbocycles. The monoisotopic (exact) mass is 464 g/mol. The van der Waals surface area contributed by atoms with Crippen molar-refractivity contribution in [1.82, 2.24) is 9.80 Å². The van der Waals surface area contributed by atoms with E-state index in [1.807, 2.05) is 0 Å². The number of imide groups is 1. The summed E-state index contributed by atoms with van der Waals surface area (Å²) in [6.07, 6.45) is 1.08. The number of carbonyl (C=O) groups excluding carboxylic acids is 4. The van der Waals surface area contributed by atoms with Gasteiger partial charge in [-0.2, -0.15) is 0 Å². The number of amides is 3. The van der Waals surface area contributed by atoms with Gasteiger partial charge in [0.1, 0.15) is 35.0 Å². The quantitative estimate of drug-likeness (QED) is 0.640. The first kappa shape index (κ1) is 21.9. The van der Waals surface area contributed by atoms with Crippen molar-refractivity contribution in [3.63, 3.8) is 0 Å². The third-order valence-corrected chi connectivity index (χ3v) is 6.78. The number of methoxy groups -OCH3 is 2. The van der Waals surface area contributed by atoms with Gasteiger partial charge in [-0.15, -0.1) is 0 Å². The smallest absolute Gasteiger partial charge is 0.262 e. The molecule has 1 saturated heterocycles. The zero-order valence-electron chi connectivity index (χ0n) is 19.0. The first-order chi connectivity index (χ1) is 16.4. The van der Waals surface area contributed by atoms with Crippen LogP contribution in [-0.2, 0) is 4.79 Å². The molecular formula is C25H24N2O7. The molecule has 0 saturated carbocycles. The van der Waals surface area contributed by atoms with E-state index in [-0.39, 0.29) is 24.7 Å². The Labute approximate surface area is 196 Å². The maximum absolute atomic E-state index is 13.0. The van der Waals surface area contributed by atoms with Gasteiger partial charge in [0.2, 0.25) is 5.91 Å². The van der Waals surface area contributed by atoms with Crippen LogP contribution in [0.3, 0.4) is 0 Å². The van der Waals surface area contributed by atoms with Crippen molar-refractivity contribution in [2.45, 2.75) is 24.9 Å². The summed E-state index contributed by atoms with van der Waals surface area (Å²) >= 11 is 0. The molecule has 0 bridgehead atoms. The first-order valence-electron chi connectivity index (χ1n) is 11.1. The van der Waals surface area contributed by atoms with E-state index in [2.05, 4.69) is 0 Å². The molecule has 9 nitrogen and oxygen atoms in total. The molecule has 0 radical (unpaired) electrons. The van der Waals surface area contributed by atoms with Crippen molar-refractivity contribution >= 4 is 23.5 Å². The van der Waals surface area contributed by atoms with Crippen LogP contribution in [0.2, 0.25) is 0 Å². The Balaban J connectivity index is 1.27. The minimum atomic E-state index is -0.728. The fraction of sp³-hybridized carbons (Fsp3) is 0.360. The molecule has 0 aliphatic carbocycles. The molecule has 0 unspecified atom stereocenters. The van der Waals surface area contributed by atoms with Crippen molar-refractivity contribution in [2.75, 3.05) is 33.9 Å². The van der Waals surface area contributed by atoms with Gasteiger partial charge in [0.15, 0.2) is 5.78 Å². The average molecular weight is 464 g/mol. The second kappa shape index (κ2) is 8.16. The second-order valence-electron chi connectivity index (χ2n) is 8.71. The molecule has 3 aliphatic rings. The number of Topliss-reactive ketones (excluding diaryl/α,β-unsaturated/α-hetero) is 1. The van der Waals surface area contributed by atoms with Crippen molar-refractivity contribution in [2.24, 2.45) is 0 Å². The third kappa shape index (κ3) is 3.48. The lowest BCUT2D eigenvalue weighted by Crippen LogP contribution is -2.54. The van der Waals surface area contributed by atoms with E-state index in [0.717, 1.165) is 4.90 Å². The molecule has 3 aliphatic heterocycles. The maximum atomic E-state index is 13.0. The van der Waals surface area contributed by atoms with E-state index in [4.69, 9.17) is 14.2 Å². The van der Waals surface area contributed by atoms with Crippen LogP contribution in [-0.4, -0.2) is 72.8 Å². The van der Waals surface area contributed by atoms with Crippen LogP contribution in [0.25, 0.3) is 0 Å². The Kier molecular flexibility index (Phi) is 5.27. The molecule has 0 aromatic heterocycles. The predicted molar refractivity (Wildman–Crippen MR) is 119 cm³/mol. The Morgan fingerprint density at radius 2 is 1.65 bits per heavy atom. The highest BCUT2D eigenvalue weighted by Crippen LogP contribution is 2.44. The number of carbonyl (C=O) groups is 4. The lowest BCUT2D eigenvalue weighted by Gasteiger charge is -2.44. The highest BCUT2D eigenvalue weighted by molar-refractivity contribution is 6.22. The van der Waals surface area contributed by atoms with Crippen LogP contribution in [0.4, 0.5) is 0 Å². The summed E-state index contributed by atoms with van der Waals surface area (Å²) in [5.41, 5.74) is 0.305. The summed E-state index contributed by atoms with van der Waals surface area (Å²) in [5.74, 6) is 0.0445. The zero-order valence-corrected chi connectivity index (χ0v) is 19.0. The standard InChI is InChI=1S/C25H24N2O7/c1-32-15-11-19(33-2)22-18(28)13-25(34-20(22)12-15)7-9-26(10-8-25)21(29)14-27-23(30)16-5-3-4-6-17(16)24(27)31/h3-6,11-12H,7-10,13-14H2,1-2H3. The van der Waals surface area contributed by atoms with E-state index < -0.39 is 17.4 Å². The summed E-state index contributed by atoms with van der Waals surface area (Å²) in [6.45, 7) is 0.397. The van der Waals surface area contributed by atoms with Crippen LogP contribution < -0.4 is 14.2 Å². The number of likely N-dealkylation sites (tertiary alicyclic amines) is 1. The molecular weight excluding hydrogens is 440 g/mol. The van der Waals surface area contributed by atoms with Crippen molar-refractivity contribution in [3.8, 4) is 17.2 Å². The molecule has 1 spiro atoms. The topological polar surface area (TPSA) is 102 Å². The van der Waals surface area contributed by atoms with Gasteiger partial charge in [-0.05, 0) is 12.1 Å². The molecule has 3 amide bonds. The number of benzene rings is 2. The molecule has 2 aromatic rings. The normalized spacial score (nSPS) is 18.5. The maximum Gasteiger partial charge on any atom is 0.262 e. The molecule has 0 N–H and O–H groups in total. The van der Waals surface area contributed by atoms with Crippen molar-refractivity contribution in [1.29, 1.82) is 0 Å². The van der Waals surface area contributed by atoms with Crippen molar-refractivity contribution in [3.05, 3.63) is 53.1 Å². The minimum absolute atomic E-state index is 0.0773. The van der Waals surface area contributed by atoms with Gasteiger partial charge in [0.25, 0.3) is 11.8 Å². The number of rotatable bonds is 4. The average Bonchev–Trinajstić information content (AvgIpc) is 3.08. The molecule has 5 rings (SSSR count). The SMILES string of the molecule is COc1cc(OC)c2c(c1)OC1(CCN(C(=O)CN3C(=O)c4ccccc4C3=O)CC1)CC2=O. The van der Waals surface area contributed by atoms with Gasteiger partial charge in [-0.3, -0.25) is 24.1 Å². The third-order valence-electron chi connectivity index (χ3n) is 6.78. The number of ketones is 1. The second-order valence-corrected chi connectivity index (χ2v) is 8.71. The van der Waals surface area contributed by atoms with E-state index in [1.165, 1.54) is 14.2 Å². The minimum Gasteiger partial charge on any atom is -0.496 e. The summed E-state index contributed by atoms with van der Waals surface area (Å²) in [4.78, 5) is 53.7. The predicted octanol–water partition coefficient (Wildman–Crippen LogP) is 2.33. The number of hydrogen-bond donors (Lipinski definition) is 0. The first-order valence-corrected chi connectivity index (χ1v) is 11.1. The number of hydrogen-bond acceptors (Lipinski definition) is 7. The highest BCUT2D eigenvalue weighted by atomic mass is 16.5. The number of fused-ring (bicyclic) bond motifs is 2. The Morgan fingerprint density at radius 1 is 1.00 bits per heavy atom. The molecule has 1 fully saturated rings. The van der Waals surface area contributed by atoms with E-state index in [0.29, 0.717) is 59.9 Å². The van der Waals surface area contributed by atoms with Crippen LogP contribution >= 0.6 is 0 Å². The molecule has 9 heteroatoms. The lowest BCUT2D eigenvalue weighted by molar-refractivity contribution is -0.135. The fourth-order valence-corrected chi connectivity index (χ4v) is 4.91. The van der Waals surface area contributed by atoms with Crippen LogP contribution in [0.5, 0.6) is 17.2 Å². The summed E-state index contributed by atoms with van der Waals surface area (Å²) in [7, 11) is 3.02. The molecule has 176 valence electrons. The van der Waals surface area contributed by atoms with E-state index in [9.17, 15) is 19.2 Å². The van der Waals surface area contributed by atoms with E-state index >= 15 is 0 Å². The van der Waals surface area contributed by atoms with Gasteiger partial charge < -0.3 is 19.1 Å². The van der Waals surface area contributed by atoms with Crippen LogP contribution in [0.1, 0.15) is 50.3 Å². The summed E-state index contributed by atoms with van der Waals surface area (Å²) < 4.78 is 17.0. The Morgan fingerprint density at radius 3 is 2.24 bits per heavy atom. The number of nitrogens with zero attached hydrogens (tertiary/aromatic N) is 2. The van der Waals surface area contributed by atoms with Crippen LogP contribution in [0.15, 0.2) is 36.4 Å². The van der Waals surface area contributed by atoms with Gasteiger partial charge in [0, 0.05) is 38.1 Å². The highest BCUT2D eigenvalue weighted by Gasteiger charge is 2.45. The van der Waals surface area contributed by atoms with Gasteiger partial charge in [-0.25, -0.2) is 0 Å². The summed E-state index contributed by atoms with van der Waals surface area (Å²) in [5, 5.41) is 0. The van der Waals surface area contributed by atoms with Gasteiger partial charge >= 0.3 is 0 Å². The van der Waals surface area contributed by atoms with Gasteiger partial charge in [0.05, 0.1) is 31.8 Å². The van der Waals surface area contributed by atoms with Crippen LogP contribution in [0, 0.1) is 0 Å². The number of piperidine rings is 1. The fourth-order valence-electron chi connectivity index (χ4n) is 4.91. The Hall–Kier alpha value is -3.88. The lowest BCUT2D eigenvalue weighted by atomic mass is 9.82. The summed E-state index contributed by atoms with van der Waals surface area (Å²) in [6, 6.07) is 9.88. The largest absolute Gasteiger partial charge is 0.496 e. The Bertz CT molecular complexity index is 1180. The van der Waals surface area contributed by atoms with Crippen molar-refractivity contribution < 1.29 is 33.4 Å².